The largest absolute Gasteiger partial charge is 0.420 e. The zero-order chi connectivity index (χ0) is 17.9. The normalized spacial score (nSPS) is 16.7. The number of pyridine rings is 1. The van der Waals surface area contributed by atoms with Gasteiger partial charge in [0.05, 0.1) is 0 Å². The van der Waals surface area contributed by atoms with E-state index in [1.54, 1.807) is 18.3 Å². The van der Waals surface area contributed by atoms with Gasteiger partial charge in [-0.3, -0.25) is 4.40 Å². The van der Waals surface area contributed by atoms with E-state index in [2.05, 4.69) is 15.5 Å². The van der Waals surface area contributed by atoms with Gasteiger partial charge in [0.25, 0.3) is 0 Å². The SMILES string of the molecule is FC(F)(F)c1c(-c2ccc3c(c2)CCN3)ccn2c(CC3CC3)nnc12. The average molecular weight is 358 g/mol. The van der Waals surface area contributed by atoms with E-state index < -0.39 is 11.7 Å². The third kappa shape index (κ3) is 2.53. The van der Waals surface area contributed by atoms with Crippen LogP contribution in [0.25, 0.3) is 16.8 Å². The Bertz CT molecular complexity index is 1000. The van der Waals surface area contributed by atoms with E-state index in [-0.39, 0.29) is 11.2 Å². The molecular formula is C19H17F3N4. The van der Waals surface area contributed by atoms with Gasteiger partial charge in [0.1, 0.15) is 11.4 Å². The fourth-order valence-electron chi connectivity index (χ4n) is 3.72. The van der Waals surface area contributed by atoms with Crippen molar-refractivity contribution in [3.05, 3.63) is 47.4 Å². The average Bonchev–Trinajstić information content (AvgIpc) is 3.14. The quantitative estimate of drug-likeness (QED) is 0.758. The highest BCUT2D eigenvalue weighted by atomic mass is 19.4. The summed E-state index contributed by atoms with van der Waals surface area (Å²) in [5.41, 5.74) is 1.95. The van der Waals surface area contributed by atoms with E-state index in [1.807, 2.05) is 12.1 Å². The summed E-state index contributed by atoms with van der Waals surface area (Å²) in [5.74, 6) is 1.14. The summed E-state index contributed by atoms with van der Waals surface area (Å²) in [4.78, 5) is 0. The van der Waals surface area contributed by atoms with Crippen molar-refractivity contribution < 1.29 is 13.2 Å². The van der Waals surface area contributed by atoms with E-state index in [0.717, 1.165) is 37.1 Å². The first-order valence-electron chi connectivity index (χ1n) is 8.82. The van der Waals surface area contributed by atoms with Gasteiger partial charge in [0, 0.05) is 24.8 Å². The first-order chi connectivity index (χ1) is 12.5. The summed E-state index contributed by atoms with van der Waals surface area (Å²) in [7, 11) is 0. The number of fused-ring (bicyclic) bond motifs is 2. The van der Waals surface area contributed by atoms with Gasteiger partial charge in [-0.15, -0.1) is 10.2 Å². The van der Waals surface area contributed by atoms with Crippen molar-refractivity contribution in [2.24, 2.45) is 5.92 Å². The van der Waals surface area contributed by atoms with Crippen molar-refractivity contribution in [1.82, 2.24) is 14.6 Å². The third-order valence-electron chi connectivity index (χ3n) is 5.23. The van der Waals surface area contributed by atoms with Gasteiger partial charge >= 0.3 is 6.18 Å². The molecule has 1 saturated carbocycles. The van der Waals surface area contributed by atoms with Crippen LogP contribution in [-0.4, -0.2) is 21.1 Å². The molecule has 0 saturated heterocycles. The molecule has 26 heavy (non-hydrogen) atoms. The van der Waals surface area contributed by atoms with Gasteiger partial charge in [0.2, 0.25) is 0 Å². The van der Waals surface area contributed by atoms with Crippen molar-refractivity contribution in [1.29, 1.82) is 0 Å². The van der Waals surface area contributed by atoms with Crippen molar-refractivity contribution >= 4 is 11.3 Å². The first kappa shape index (κ1) is 15.7. The van der Waals surface area contributed by atoms with Gasteiger partial charge < -0.3 is 5.32 Å². The molecule has 1 aromatic carbocycles. The highest BCUT2D eigenvalue weighted by molar-refractivity contribution is 5.77. The molecule has 2 aliphatic rings. The number of hydrogen-bond acceptors (Lipinski definition) is 3. The van der Waals surface area contributed by atoms with Gasteiger partial charge in [-0.2, -0.15) is 13.2 Å². The zero-order valence-electron chi connectivity index (χ0n) is 14.0. The van der Waals surface area contributed by atoms with Gasteiger partial charge in [-0.1, -0.05) is 6.07 Å². The summed E-state index contributed by atoms with van der Waals surface area (Å²) in [6, 6.07) is 6.97. The van der Waals surface area contributed by atoms with Crippen LogP contribution in [0, 0.1) is 5.92 Å². The smallest absolute Gasteiger partial charge is 0.384 e. The standard InChI is InChI=1S/C19H17F3N4/c20-19(21,22)17-14(12-3-4-15-13(10-12)5-7-23-15)6-8-26-16(9-11-1-2-11)24-25-18(17)26/h3-4,6,8,10-11,23H,1-2,5,7,9H2. The van der Waals surface area contributed by atoms with Crippen molar-refractivity contribution in [2.75, 3.05) is 11.9 Å². The van der Waals surface area contributed by atoms with E-state index in [0.29, 0.717) is 23.7 Å². The molecule has 1 aliphatic heterocycles. The van der Waals surface area contributed by atoms with Crippen LogP contribution in [0.5, 0.6) is 0 Å². The Morgan fingerprint density at radius 2 is 2.00 bits per heavy atom. The van der Waals surface area contributed by atoms with Crippen LogP contribution in [0.15, 0.2) is 30.5 Å². The van der Waals surface area contributed by atoms with Crippen molar-refractivity contribution in [2.45, 2.75) is 31.9 Å². The van der Waals surface area contributed by atoms with Crippen LogP contribution >= 0.6 is 0 Å². The number of nitrogens with one attached hydrogen (secondary N) is 1. The third-order valence-corrected chi connectivity index (χ3v) is 5.23. The molecule has 5 rings (SSSR count). The van der Waals surface area contributed by atoms with Crippen LogP contribution in [-0.2, 0) is 19.0 Å². The number of benzene rings is 1. The van der Waals surface area contributed by atoms with Crippen LogP contribution in [0.1, 0.15) is 29.8 Å². The lowest BCUT2D eigenvalue weighted by atomic mass is 9.98. The fourth-order valence-corrected chi connectivity index (χ4v) is 3.72. The van der Waals surface area contributed by atoms with Gasteiger partial charge in [0.15, 0.2) is 5.65 Å². The Morgan fingerprint density at radius 1 is 1.15 bits per heavy atom. The Balaban J connectivity index is 1.69. The Labute approximate surface area is 148 Å². The van der Waals surface area contributed by atoms with Crippen LogP contribution in [0.3, 0.4) is 0 Å². The van der Waals surface area contributed by atoms with E-state index in [1.165, 1.54) is 4.40 Å². The number of alkyl halides is 3. The van der Waals surface area contributed by atoms with Crippen LogP contribution in [0.2, 0.25) is 0 Å². The molecule has 0 bridgehead atoms. The predicted octanol–water partition coefficient (Wildman–Crippen LogP) is 4.34. The highest BCUT2D eigenvalue weighted by Gasteiger charge is 2.38. The lowest BCUT2D eigenvalue weighted by molar-refractivity contribution is -0.136. The van der Waals surface area contributed by atoms with E-state index in [9.17, 15) is 13.2 Å². The molecule has 0 amide bonds. The second kappa shape index (κ2) is 5.46. The van der Waals surface area contributed by atoms with Crippen LogP contribution < -0.4 is 5.32 Å². The number of halogens is 3. The molecule has 0 unspecified atom stereocenters. The molecule has 2 aromatic heterocycles. The second-order valence-corrected chi connectivity index (χ2v) is 7.11. The lowest BCUT2D eigenvalue weighted by Gasteiger charge is -2.15. The first-order valence-corrected chi connectivity index (χ1v) is 8.82. The number of aromatic nitrogens is 3. The molecule has 7 heteroatoms. The summed E-state index contributed by atoms with van der Waals surface area (Å²) >= 11 is 0. The maximum absolute atomic E-state index is 13.9. The molecule has 0 spiro atoms. The molecule has 1 aliphatic carbocycles. The van der Waals surface area contributed by atoms with Crippen LogP contribution in [0.4, 0.5) is 18.9 Å². The minimum Gasteiger partial charge on any atom is -0.384 e. The Kier molecular flexibility index (Phi) is 3.29. The fraction of sp³-hybridized carbons (Fsp3) is 0.368. The number of anilines is 1. The summed E-state index contributed by atoms with van der Waals surface area (Å²) < 4.78 is 43.3. The monoisotopic (exact) mass is 358 g/mol. The number of rotatable bonds is 3. The molecule has 1 fully saturated rings. The minimum absolute atomic E-state index is 0.107. The zero-order valence-corrected chi connectivity index (χ0v) is 14.0. The molecule has 134 valence electrons. The molecule has 3 aromatic rings. The Hall–Kier alpha value is -2.57. The predicted molar refractivity (Wildman–Crippen MR) is 92.0 cm³/mol. The van der Waals surface area contributed by atoms with Gasteiger partial charge in [-0.05, 0) is 60.1 Å². The maximum Gasteiger partial charge on any atom is 0.420 e. The van der Waals surface area contributed by atoms with Crippen molar-refractivity contribution in [3.63, 3.8) is 0 Å². The molecule has 0 atom stereocenters. The summed E-state index contributed by atoms with van der Waals surface area (Å²) in [5, 5.41) is 11.2. The second-order valence-electron chi connectivity index (χ2n) is 7.11. The summed E-state index contributed by atoms with van der Waals surface area (Å²) in [6.07, 6.45) is 0.901. The lowest BCUT2D eigenvalue weighted by Crippen LogP contribution is -2.11. The number of nitrogens with zero attached hydrogens (tertiary/aromatic N) is 3. The summed E-state index contributed by atoms with van der Waals surface area (Å²) in [6.45, 7) is 0.818. The van der Waals surface area contributed by atoms with E-state index in [4.69, 9.17) is 0 Å². The maximum atomic E-state index is 13.9. The Morgan fingerprint density at radius 3 is 2.77 bits per heavy atom. The molecule has 0 radical (unpaired) electrons. The van der Waals surface area contributed by atoms with E-state index >= 15 is 0 Å². The molecule has 1 N–H and O–H groups in total. The van der Waals surface area contributed by atoms with Gasteiger partial charge in [-0.25, -0.2) is 0 Å². The topological polar surface area (TPSA) is 42.2 Å². The highest BCUT2D eigenvalue weighted by Crippen LogP contribution is 2.41. The molecule has 4 nitrogen and oxygen atoms in total. The number of hydrogen-bond donors (Lipinski definition) is 1. The molecular weight excluding hydrogens is 341 g/mol. The molecule has 3 heterocycles. The minimum atomic E-state index is -4.50. The van der Waals surface area contributed by atoms with Crippen molar-refractivity contribution in [3.8, 4) is 11.1 Å².